The number of nitrogens with zero attached hydrogens (tertiary/aromatic N) is 2. The van der Waals surface area contributed by atoms with Gasteiger partial charge in [-0.25, -0.2) is 0 Å². The second-order valence-electron chi connectivity index (χ2n) is 5.93. The van der Waals surface area contributed by atoms with E-state index < -0.39 is 0 Å². The van der Waals surface area contributed by atoms with E-state index in [1.165, 1.54) is 12.8 Å². The number of aryl methyl sites for hydroxylation is 1. The lowest BCUT2D eigenvalue weighted by Crippen LogP contribution is -2.32. The number of rotatable bonds is 4. The topological polar surface area (TPSA) is 46.3 Å². The van der Waals surface area contributed by atoms with Crippen LogP contribution in [0.3, 0.4) is 0 Å². The maximum atomic E-state index is 12.9. The van der Waals surface area contributed by atoms with Gasteiger partial charge in [0.1, 0.15) is 5.76 Å². The molecule has 3 rings (SSSR count). The number of likely N-dealkylation sites (tertiary alicyclic amines) is 1. The molecule has 0 unspecified atom stereocenters. The first kappa shape index (κ1) is 16.1. The predicted octanol–water partition coefficient (Wildman–Crippen LogP) is 4.29. The highest BCUT2D eigenvalue weighted by molar-refractivity contribution is 7.98. The summed E-state index contributed by atoms with van der Waals surface area (Å²) in [5.74, 6) is 1.68. The molecule has 4 nitrogen and oxygen atoms in total. The maximum absolute atomic E-state index is 12.9. The lowest BCUT2D eigenvalue weighted by atomic mass is 10.2. The van der Waals surface area contributed by atoms with E-state index in [9.17, 15) is 4.79 Å². The van der Waals surface area contributed by atoms with Crippen molar-refractivity contribution in [2.45, 2.75) is 43.3 Å². The quantitative estimate of drug-likeness (QED) is 0.785. The largest absolute Gasteiger partial charge is 0.360 e. The van der Waals surface area contributed by atoms with Gasteiger partial charge in [0.25, 0.3) is 5.91 Å². The van der Waals surface area contributed by atoms with Gasteiger partial charge >= 0.3 is 0 Å². The molecule has 1 fully saturated rings. The van der Waals surface area contributed by atoms with Gasteiger partial charge in [0.15, 0.2) is 0 Å². The summed E-state index contributed by atoms with van der Waals surface area (Å²) in [6.45, 7) is 3.66. The average Bonchev–Trinajstić information content (AvgIpc) is 2.82. The van der Waals surface area contributed by atoms with Crippen LogP contribution in [0.4, 0.5) is 0 Å². The van der Waals surface area contributed by atoms with Gasteiger partial charge in [0.2, 0.25) is 0 Å². The van der Waals surface area contributed by atoms with Gasteiger partial charge in [-0.1, -0.05) is 30.1 Å². The van der Waals surface area contributed by atoms with Crippen LogP contribution in [0, 0.1) is 6.92 Å². The molecule has 1 aliphatic heterocycles. The van der Waals surface area contributed by atoms with Crippen molar-refractivity contribution in [1.82, 2.24) is 10.1 Å². The Labute approximate surface area is 141 Å². The molecule has 122 valence electrons. The molecule has 1 aromatic heterocycles. The zero-order valence-electron chi connectivity index (χ0n) is 13.5. The highest BCUT2D eigenvalue weighted by atomic mass is 32.2. The first-order valence-corrected chi connectivity index (χ1v) is 9.16. The Balaban J connectivity index is 1.72. The Hall–Kier alpha value is -1.75. The number of aromatic nitrogens is 1. The number of carbonyl (C=O) groups is 1. The Kier molecular flexibility index (Phi) is 5.39. The fourth-order valence-corrected chi connectivity index (χ4v) is 3.77. The molecule has 23 heavy (non-hydrogen) atoms. The third-order valence-corrected chi connectivity index (χ3v) is 5.15. The monoisotopic (exact) mass is 330 g/mol. The van der Waals surface area contributed by atoms with Gasteiger partial charge in [-0.2, -0.15) is 0 Å². The molecule has 1 amide bonds. The van der Waals surface area contributed by atoms with E-state index >= 15 is 0 Å². The number of hydrogen-bond donors (Lipinski definition) is 0. The molecule has 0 radical (unpaired) electrons. The molecule has 0 atom stereocenters. The van der Waals surface area contributed by atoms with Crippen LogP contribution in [0.25, 0.3) is 0 Å². The minimum absolute atomic E-state index is 0.156. The van der Waals surface area contributed by atoms with E-state index in [2.05, 4.69) is 5.16 Å². The number of hydrogen-bond acceptors (Lipinski definition) is 4. The van der Waals surface area contributed by atoms with Crippen molar-refractivity contribution in [3.63, 3.8) is 0 Å². The van der Waals surface area contributed by atoms with Gasteiger partial charge in [0.05, 0.1) is 17.0 Å². The predicted molar refractivity (Wildman–Crippen MR) is 91.6 cm³/mol. The third kappa shape index (κ3) is 4.16. The van der Waals surface area contributed by atoms with Crippen molar-refractivity contribution in [3.8, 4) is 0 Å². The number of benzene rings is 1. The minimum Gasteiger partial charge on any atom is -0.360 e. The second-order valence-corrected chi connectivity index (χ2v) is 6.94. The summed E-state index contributed by atoms with van der Waals surface area (Å²) in [5.41, 5.74) is 1.69. The lowest BCUT2D eigenvalue weighted by Gasteiger charge is -2.21. The molecule has 0 saturated carbocycles. The van der Waals surface area contributed by atoms with E-state index in [0.717, 1.165) is 47.8 Å². The van der Waals surface area contributed by atoms with Gasteiger partial charge in [0, 0.05) is 24.1 Å². The summed E-state index contributed by atoms with van der Waals surface area (Å²) in [4.78, 5) is 15.9. The van der Waals surface area contributed by atoms with Crippen LogP contribution in [0.15, 0.2) is 39.8 Å². The molecule has 0 bridgehead atoms. The lowest BCUT2D eigenvalue weighted by molar-refractivity contribution is 0.0758. The van der Waals surface area contributed by atoms with Crippen molar-refractivity contribution in [2.75, 3.05) is 13.1 Å². The van der Waals surface area contributed by atoms with Gasteiger partial charge < -0.3 is 9.42 Å². The van der Waals surface area contributed by atoms with E-state index in [1.54, 1.807) is 11.8 Å². The molecular formula is C18H22N2O2S. The fraction of sp³-hybridized carbons (Fsp3) is 0.444. The standard InChI is InChI=1S/C18H22N2O2S/c1-14-12-15(22-19-14)13-23-17-9-5-4-8-16(17)18(21)20-10-6-2-3-7-11-20/h4-5,8-9,12H,2-3,6-7,10-11,13H2,1H3. The highest BCUT2D eigenvalue weighted by Crippen LogP contribution is 2.28. The molecule has 2 heterocycles. The van der Waals surface area contributed by atoms with E-state index in [1.807, 2.05) is 42.2 Å². The molecule has 1 aliphatic rings. The minimum atomic E-state index is 0.156. The molecule has 0 N–H and O–H groups in total. The van der Waals surface area contributed by atoms with E-state index in [4.69, 9.17) is 4.52 Å². The van der Waals surface area contributed by atoms with Gasteiger partial charge in [-0.3, -0.25) is 4.79 Å². The van der Waals surface area contributed by atoms with Crippen molar-refractivity contribution < 1.29 is 9.32 Å². The Bertz CT molecular complexity index is 661. The third-order valence-electron chi connectivity index (χ3n) is 4.06. The SMILES string of the molecule is Cc1cc(CSc2ccccc2C(=O)N2CCCCCC2)on1. The van der Waals surface area contributed by atoms with Gasteiger partial charge in [-0.05, 0) is 31.9 Å². The summed E-state index contributed by atoms with van der Waals surface area (Å²) in [5, 5.41) is 3.91. The Morgan fingerprint density at radius 1 is 1.22 bits per heavy atom. The summed E-state index contributed by atoms with van der Waals surface area (Å²) in [7, 11) is 0. The van der Waals surface area contributed by atoms with Crippen molar-refractivity contribution in [1.29, 1.82) is 0 Å². The molecule has 5 heteroatoms. The molecule has 1 aromatic carbocycles. The first-order valence-electron chi connectivity index (χ1n) is 8.17. The van der Waals surface area contributed by atoms with Crippen molar-refractivity contribution >= 4 is 17.7 Å². The number of carbonyl (C=O) groups excluding carboxylic acids is 1. The molecule has 0 aliphatic carbocycles. The Morgan fingerprint density at radius 3 is 2.65 bits per heavy atom. The Morgan fingerprint density at radius 2 is 1.96 bits per heavy atom. The molecule has 2 aromatic rings. The fourth-order valence-electron chi connectivity index (χ4n) is 2.85. The van der Waals surface area contributed by atoms with Crippen LogP contribution in [0.5, 0.6) is 0 Å². The summed E-state index contributed by atoms with van der Waals surface area (Å²) >= 11 is 1.63. The van der Waals surface area contributed by atoms with Crippen LogP contribution in [-0.2, 0) is 5.75 Å². The summed E-state index contributed by atoms with van der Waals surface area (Å²) in [6, 6.07) is 9.80. The van der Waals surface area contributed by atoms with Crippen LogP contribution < -0.4 is 0 Å². The average molecular weight is 330 g/mol. The van der Waals surface area contributed by atoms with Crippen molar-refractivity contribution in [2.24, 2.45) is 0 Å². The smallest absolute Gasteiger partial charge is 0.254 e. The highest BCUT2D eigenvalue weighted by Gasteiger charge is 2.20. The first-order chi connectivity index (χ1) is 11.2. The van der Waals surface area contributed by atoms with E-state index in [-0.39, 0.29) is 5.91 Å². The number of amides is 1. The van der Waals surface area contributed by atoms with Crippen molar-refractivity contribution in [3.05, 3.63) is 47.3 Å². The second kappa shape index (κ2) is 7.68. The van der Waals surface area contributed by atoms with Crippen LogP contribution in [0.2, 0.25) is 0 Å². The van der Waals surface area contributed by atoms with Crippen LogP contribution >= 0.6 is 11.8 Å². The summed E-state index contributed by atoms with van der Waals surface area (Å²) in [6.07, 6.45) is 4.67. The molecule has 0 spiro atoms. The zero-order valence-corrected chi connectivity index (χ0v) is 14.3. The zero-order chi connectivity index (χ0) is 16.1. The van der Waals surface area contributed by atoms with Crippen LogP contribution in [-0.4, -0.2) is 29.1 Å². The molecule has 1 saturated heterocycles. The van der Waals surface area contributed by atoms with Gasteiger partial charge in [-0.15, -0.1) is 11.8 Å². The number of thioether (sulfide) groups is 1. The normalized spacial score (nSPS) is 15.4. The van der Waals surface area contributed by atoms with Crippen LogP contribution in [0.1, 0.15) is 47.5 Å². The summed E-state index contributed by atoms with van der Waals surface area (Å²) < 4.78 is 5.25. The van der Waals surface area contributed by atoms with E-state index in [0.29, 0.717) is 5.75 Å². The maximum Gasteiger partial charge on any atom is 0.254 e. The molecular weight excluding hydrogens is 308 g/mol.